The molecule has 27 heavy (non-hydrogen) atoms. The predicted molar refractivity (Wildman–Crippen MR) is 104 cm³/mol. The summed E-state index contributed by atoms with van der Waals surface area (Å²) in [6.07, 6.45) is 5.13. The summed E-state index contributed by atoms with van der Waals surface area (Å²) in [5, 5.41) is 0. The molecule has 2 aliphatic rings. The van der Waals surface area contributed by atoms with Crippen LogP contribution in [-0.2, 0) is 24.3 Å². The van der Waals surface area contributed by atoms with Crippen molar-refractivity contribution in [2.24, 2.45) is 0 Å². The van der Waals surface area contributed by atoms with Crippen molar-refractivity contribution in [1.29, 1.82) is 0 Å². The molecule has 1 heterocycles. The van der Waals surface area contributed by atoms with E-state index in [1.165, 1.54) is 11.4 Å². The maximum Gasteiger partial charge on any atom is 0.339 e. The average Bonchev–Trinajstić information content (AvgIpc) is 3.41. The molecule has 0 bridgehead atoms. The first-order valence-corrected chi connectivity index (χ1v) is 11.3. The summed E-state index contributed by atoms with van der Waals surface area (Å²) in [7, 11) is -2.12. The Morgan fingerprint density at radius 1 is 1.04 bits per heavy atom. The highest BCUT2D eigenvalue weighted by atomic mass is 32.2. The Morgan fingerprint density at radius 3 is 2.11 bits per heavy atom. The van der Waals surface area contributed by atoms with Crippen molar-refractivity contribution in [3.8, 4) is 0 Å². The van der Waals surface area contributed by atoms with E-state index in [2.05, 4.69) is 0 Å². The lowest BCUT2D eigenvalue weighted by molar-refractivity contribution is -0.158. The highest BCUT2D eigenvalue weighted by Crippen LogP contribution is 2.30. The van der Waals surface area contributed by atoms with Gasteiger partial charge in [-0.05, 0) is 43.4 Å². The number of rotatable bonds is 6. The van der Waals surface area contributed by atoms with Crippen LogP contribution >= 0.6 is 0 Å². The summed E-state index contributed by atoms with van der Waals surface area (Å²) in [5.74, 6) is -0.456. The standard InChI is InChI=1S/C18H25NO5S.C2H6/c1-23-18(20)17(24-15-6-2-3-7-15)14-8-10-16(11-9-14)25(21,22)19-12-4-5-13-19;1-2/h8-11,15,17H,2-7,12-13H2,1H3;1-2H3. The van der Waals surface area contributed by atoms with Gasteiger partial charge in [-0.2, -0.15) is 4.31 Å². The van der Waals surface area contributed by atoms with Crippen molar-refractivity contribution in [2.45, 2.75) is 69.5 Å². The summed E-state index contributed by atoms with van der Waals surface area (Å²) in [6.45, 7) is 5.14. The molecular weight excluding hydrogens is 366 g/mol. The van der Waals surface area contributed by atoms with Crippen molar-refractivity contribution in [3.63, 3.8) is 0 Å². The van der Waals surface area contributed by atoms with Crippen LogP contribution < -0.4 is 0 Å². The zero-order valence-corrected chi connectivity index (χ0v) is 17.3. The molecule has 0 N–H and O–H groups in total. The first kappa shape index (κ1) is 21.9. The number of carbonyl (C=O) groups excluding carboxylic acids is 1. The number of nitrogens with zero attached hydrogens (tertiary/aromatic N) is 1. The van der Waals surface area contributed by atoms with E-state index in [0.717, 1.165) is 38.5 Å². The van der Waals surface area contributed by atoms with Gasteiger partial charge in [0.1, 0.15) is 0 Å². The molecule has 1 aliphatic carbocycles. The number of ether oxygens (including phenoxy) is 2. The van der Waals surface area contributed by atoms with Crippen LogP contribution in [0.2, 0.25) is 0 Å². The maximum atomic E-state index is 12.6. The van der Waals surface area contributed by atoms with Crippen LogP contribution in [0.25, 0.3) is 0 Å². The van der Waals surface area contributed by atoms with Gasteiger partial charge in [0.15, 0.2) is 6.10 Å². The van der Waals surface area contributed by atoms with Gasteiger partial charge in [-0.3, -0.25) is 0 Å². The quantitative estimate of drug-likeness (QED) is 0.685. The van der Waals surface area contributed by atoms with E-state index in [-0.39, 0.29) is 11.0 Å². The van der Waals surface area contributed by atoms with Gasteiger partial charge in [-0.1, -0.05) is 38.8 Å². The Balaban J connectivity index is 0.00000126. The molecule has 1 saturated carbocycles. The largest absolute Gasteiger partial charge is 0.467 e. The van der Waals surface area contributed by atoms with Crippen LogP contribution in [0.4, 0.5) is 0 Å². The van der Waals surface area contributed by atoms with Crippen LogP contribution in [0.15, 0.2) is 29.2 Å². The van der Waals surface area contributed by atoms with Gasteiger partial charge in [0.05, 0.1) is 18.1 Å². The van der Waals surface area contributed by atoms with Gasteiger partial charge in [-0.25, -0.2) is 13.2 Å². The number of benzene rings is 1. The topological polar surface area (TPSA) is 72.9 Å². The highest BCUT2D eigenvalue weighted by Gasteiger charge is 2.30. The first-order chi connectivity index (χ1) is 13.0. The van der Waals surface area contributed by atoms with Gasteiger partial charge < -0.3 is 9.47 Å². The second kappa shape index (κ2) is 10.2. The van der Waals surface area contributed by atoms with Crippen molar-refractivity contribution < 1.29 is 22.7 Å². The Labute approximate surface area is 162 Å². The molecule has 6 nitrogen and oxygen atoms in total. The summed E-state index contributed by atoms with van der Waals surface area (Å²) in [5.41, 5.74) is 0.624. The fourth-order valence-corrected chi connectivity index (χ4v) is 5.00. The van der Waals surface area contributed by atoms with Gasteiger partial charge in [0, 0.05) is 13.1 Å². The summed E-state index contributed by atoms with van der Waals surface area (Å²) >= 11 is 0. The lowest BCUT2D eigenvalue weighted by Crippen LogP contribution is -2.28. The van der Waals surface area contributed by atoms with Crippen molar-refractivity contribution in [1.82, 2.24) is 4.31 Å². The minimum Gasteiger partial charge on any atom is -0.467 e. The van der Waals surface area contributed by atoms with Crippen LogP contribution in [0, 0.1) is 0 Å². The summed E-state index contributed by atoms with van der Waals surface area (Å²) in [6, 6.07) is 6.41. The Morgan fingerprint density at radius 2 is 1.59 bits per heavy atom. The number of methoxy groups -OCH3 is 1. The summed E-state index contributed by atoms with van der Waals surface area (Å²) in [4.78, 5) is 12.4. The minimum absolute atomic E-state index is 0.0529. The fourth-order valence-electron chi connectivity index (χ4n) is 3.49. The number of esters is 1. The van der Waals surface area contributed by atoms with Gasteiger partial charge in [-0.15, -0.1) is 0 Å². The first-order valence-electron chi connectivity index (χ1n) is 9.86. The molecule has 1 aromatic rings. The van der Waals surface area contributed by atoms with Gasteiger partial charge in [0.25, 0.3) is 0 Å². The van der Waals surface area contributed by atoms with Crippen LogP contribution in [0.5, 0.6) is 0 Å². The van der Waals surface area contributed by atoms with Crippen molar-refractivity contribution in [2.75, 3.05) is 20.2 Å². The molecule has 2 fully saturated rings. The molecule has 1 aliphatic heterocycles. The molecule has 0 aromatic heterocycles. The molecule has 1 atom stereocenters. The molecule has 0 spiro atoms. The molecule has 1 unspecified atom stereocenters. The normalized spacial score (nSPS) is 19.4. The van der Waals surface area contributed by atoms with E-state index >= 15 is 0 Å². The van der Waals surface area contributed by atoms with E-state index in [1.807, 2.05) is 13.8 Å². The number of hydrogen-bond acceptors (Lipinski definition) is 5. The SMILES string of the molecule is CC.COC(=O)C(OC1CCCC1)c1ccc(S(=O)(=O)N2CCCC2)cc1. The molecule has 0 radical (unpaired) electrons. The van der Waals surface area contributed by atoms with Crippen molar-refractivity contribution >= 4 is 16.0 Å². The van der Waals surface area contributed by atoms with Crippen LogP contribution in [-0.4, -0.2) is 45.0 Å². The molecule has 1 aromatic carbocycles. The molecule has 152 valence electrons. The fraction of sp³-hybridized carbons (Fsp3) is 0.650. The third-order valence-electron chi connectivity index (χ3n) is 4.93. The summed E-state index contributed by atoms with van der Waals surface area (Å²) < 4.78 is 37.5. The van der Waals surface area contributed by atoms with E-state index in [4.69, 9.17) is 9.47 Å². The second-order valence-electron chi connectivity index (χ2n) is 6.63. The van der Waals surface area contributed by atoms with E-state index in [1.54, 1.807) is 24.3 Å². The smallest absolute Gasteiger partial charge is 0.339 e. The molecule has 0 amide bonds. The van der Waals surface area contributed by atoms with Crippen molar-refractivity contribution in [3.05, 3.63) is 29.8 Å². The number of sulfonamides is 1. The number of hydrogen-bond donors (Lipinski definition) is 0. The molecule has 7 heteroatoms. The number of carbonyl (C=O) groups is 1. The second-order valence-corrected chi connectivity index (χ2v) is 8.56. The van der Waals surface area contributed by atoms with Gasteiger partial charge >= 0.3 is 5.97 Å². The lowest BCUT2D eigenvalue weighted by Gasteiger charge is -2.21. The third kappa shape index (κ3) is 5.30. The zero-order chi connectivity index (χ0) is 19.9. The zero-order valence-electron chi connectivity index (χ0n) is 16.5. The Hall–Kier alpha value is -1.44. The van der Waals surface area contributed by atoms with E-state index < -0.39 is 22.1 Å². The van der Waals surface area contributed by atoms with Crippen LogP contribution in [0.1, 0.15) is 64.0 Å². The monoisotopic (exact) mass is 397 g/mol. The Kier molecular flexibility index (Phi) is 8.26. The van der Waals surface area contributed by atoms with Gasteiger partial charge in [0.2, 0.25) is 10.0 Å². The molecule has 3 rings (SSSR count). The van der Waals surface area contributed by atoms with E-state index in [0.29, 0.717) is 18.7 Å². The Bertz CT molecular complexity index is 690. The highest BCUT2D eigenvalue weighted by molar-refractivity contribution is 7.89. The molecule has 1 saturated heterocycles. The predicted octanol–water partition coefficient (Wildman–Crippen LogP) is 3.67. The maximum absolute atomic E-state index is 12.6. The average molecular weight is 398 g/mol. The molecular formula is C20H31NO5S. The van der Waals surface area contributed by atoms with E-state index in [9.17, 15) is 13.2 Å². The lowest BCUT2D eigenvalue weighted by atomic mass is 10.1. The van der Waals surface area contributed by atoms with Crippen LogP contribution in [0.3, 0.4) is 0 Å². The minimum atomic E-state index is -3.45. The third-order valence-corrected chi connectivity index (χ3v) is 6.84.